The summed E-state index contributed by atoms with van der Waals surface area (Å²) in [6.45, 7) is 9.01. The Balaban J connectivity index is 2.16. The van der Waals surface area contributed by atoms with E-state index in [0.717, 1.165) is 5.56 Å². The molecule has 0 bridgehead atoms. The lowest BCUT2D eigenvalue weighted by molar-refractivity contribution is 0.397. The molecule has 0 saturated heterocycles. The van der Waals surface area contributed by atoms with Crippen LogP contribution < -0.4 is 11.3 Å². The summed E-state index contributed by atoms with van der Waals surface area (Å²) in [5.41, 5.74) is 4.11. The average molecular weight is 250 g/mol. The third-order valence-corrected chi connectivity index (χ3v) is 5.15. The van der Waals surface area contributed by atoms with E-state index in [1.54, 1.807) is 6.07 Å². The first kappa shape index (κ1) is 13.5. The molecule has 1 saturated carbocycles. The first-order chi connectivity index (χ1) is 8.32. The predicted octanol–water partition coefficient (Wildman–Crippen LogP) is 2.88. The van der Waals surface area contributed by atoms with Gasteiger partial charge in [-0.25, -0.2) is 4.39 Å². The fraction of sp³-hybridized carbons (Fsp3) is 0.600. The largest absolute Gasteiger partial charge is 0.271 e. The molecular weight excluding hydrogens is 227 g/mol. The van der Waals surface area contributed by atoms with Gasteiger partial charge in [0.15, 0.2) is 0 Å². The molecule has 18 heavy (non-hydrogen) atoms. The van der Waals surface area contributed by atoms with E-state index in [1.165, 1.54) is 6.07 Å². The van der Waals surface area contributed by atoms with Crippen molar-refractivity contribution in [2.75, 3.05) is 0 Å². The second-order valence-corrected chi connectivity index (χ2v) is 6.49. The smallest absolute Gasteiger partial charge is 0.126 e. The number of hydrogen-bond acceptors (Lipinski definition) is 2. The van der Waals surface area contributed by atoms with Crippen molar-refractivity contribution in [1.29, 1.82) is 0 Å². The maximum Gasteiger partial charge on any atom is 0.126 e. The SMILES string of the molecule is CC1(C)C(C(Cc2ccccc2F)NN)C1(C)C. The van der Waals surface area contributed by atoms with Crippen molar-refractivity contribution in [1.82, 2.24) is 5.43 Å². The van der Waals surface area contributed by atoms with E-state index < -0.39 is 0 Å². The number of halogens is 1. The van der Waals surface area contributed by atoms with Crippen molar-refractivity contribution < 1.29 is 4.39 Å². The van der Waals surface area contributed by atoms with Crippen LogP contribution in [0.15, 0.2) is 24.3 Å². The molecule has 0 spiro atoms. The number of hydrogen-bond donors (Lipinski definition) is 2. The van der Waals surface area contributed by atoms with Gasteiger partial charge in [0.05, 0.1) is 0 Å². The number of nitrogens with one attached hydrogen (secondary N) is 1. The Labute approximate surface area is 109 Å². The van der Waals surface area contributed by atoms with Crippen LogP contribution >= 0.6 is 0 Å². The summed E-state index contributed by atoms with van der Waals surface area (Å²) in [6.07, 6.45) is 0.640. The molecule has 2 rings (SSSR count). The lowest BCUT2D eigenvalue weighted by Gasteiger charge is -2.18. The van der Waals surface area contributed by atoms with E-state index in [1.807, 2.05) is 12.1 Å². The Bertz CT molecular complexity index is 426. The highest BCUT2D eigenvalue weighted by Gasteiger charge is 2.66. The number of hydrazine groups is 1. The normalized spacial score (nSPS) is 22.8. The molecule has 0 heterocycles. The van der Waals surface area contributed by atoms with Gasteiger partial charge in [0, 0.05) is 6.04 Å². The highest BCUT2D eigenvalue weighted by Crippen LogP contribution is 2.69. The van der Waals surface area contributed by atoms with Crippen molar-refractivity contribution in [3.8, 4) is 0 Å². The van der Waals surface area contributed by atoms with E-state index in [-0.39, 0.29) is 22.7 Å². The van der Waals surface area contributed by atoms with Crippen LogP contribution in [0, 0.1) is 22.6 Å². The molecule has 0 amide bonds. The average Bonchev–Trinajstić information content (AvgIpc) is 2.70. The van der Waals surface area contributed by atoms with Crippen molar-refractivity contribution in [2.24, 2.45) is 22.6 Å². The summed E-state index contributed by atoms with van der Waals surface area (Å²) in [6, 6.07) is 7.05. The zero-order valence-corrected chi connectivity index (χ0v) is 11.6. The minimum absolute atomic E-state index is 0.117. The second kappa shape index (κ2) is 4.32. The third-order valence-electron chi connectivity index (χ3n) is 5.15. The van der Waals surface area contributed by atoms with Crippen molar-refractivity contribution >= 4 is 0 Å². The Morgan fingerprint density at radius 1 is 1.22 bits per heavy atom. The standard InChI is InChI=1S/C15H23FN2/c1-14(2)13(15(14,3)4)12(18-17)9-10-7-5-6-8-11(10)16/h5-8,12-13,18H,9,17H2,1-4H3. The highest BCUT2D eigenvalue weighted by atomic mass is 19.1. The van der Waals surface area contributed by atoms with Gasteiger partial charge in [-0.15, -0.1) is 0 Å². The zero-order chi connectivity index (χ0) is 13.6. The molecular formula is C15H23FN2. The third kappa shape index (κ3) is 1.95. The summed E-state index contributed by atoms with van der Waals surface area (Å²) >= 11 is 0. The highest BCUT2D eigenvalue weighted by molar-refractivity contribution is 5.22. The van der Waals surface area contributed by atoms with Crippen LogP contribution in [-0.2, 0) is 6.42 Å². The Morgan fingerprint density at radius 3 is 2.22 bits per heavy atom. The van der Waals surface area contributed by atoms with Gasteiger partial charge < -0.3 is 0 Å². The quantitative estimate of drug-likeness (QED) is 0.637. The molecule has 0 aromatic heterocycles. The maximum absolute atomic E-state index is 13.7. The van der Waals surface area contributed by atoms with E-state index in [9.17, 15) is 4.39 Å². The van der Waals surface area contributed by atoms with Gasteiger partial charge in [-0.2, -0.15) is 0 Å². The van der Waals surface area contributed by atoms with Gasteiger partial charge in [0.25, 0.3) is 0 Å². The van der Waals surface area contributed by atoms with E-state index in [0.29, 0.717) is 12.3 Å². The van der Waals surface area contributed by atoms with E-state index >= 15 is 0 Å². The second-order valence-electron chi connectivity index (χ2n) is 6.49. The molecule has 3 heteroatoms. The summed E-state index contributed by atoms with van der Waals surface area (Å²) in [7, 11) is 0. The molecule has 1 unspecified atom stereocenters. The summed E-state index contributed by atoms with van der Waals surface area (Å²) in [5.74, 6) is 6.00. The van der Waals surface area contributed by atoms with Crippen LogP contribution in [0.25, 0.3) is 0 Å². The molecule has 1 aromatic carbocycles. The van der Waals surface area contributed by atoms with Crippen molar-refractivity contribution in [2.45, 2.75) is 40.2 Å². The molecule has 100 valence electrons. The van der Waals surface area contributed by atoms with Gasteiger partial charge in [0.1, 0.15) is 5.82 Å². The van der Waals surface area contributed by atoms with Crippen molar-refractivity contribution in [3.05, 3.63) is 35.6 Å². The molecule has 2 nitrogen and oxygen atoms in total. The molecule has 0 aliphatic heterocycles. The number of nitrogens with two attached hydrogens (primary N) is 1. The summed E-state index contributed by atoms with van der Waals surface area (Å²) in [5, 5.41) is 0. The minimum Gasteiger partial charge on any atom is -0.271 e. The van der Waals surface area contributed by atoms with Gasteiger partial charge in [-0.05, 0) is 34.8 Å². The lowest BCUT2D eigenvalue weighted by atomic mass is 9.97. The molecule has 0 radical (unpaired) electrons. The minimum atomic E-state index is -0.144. The lowest BCUT2D eigenvalue weighted by Crippen LogP contribution is -2.40. The Kier molecular flexibility index (Phi) is 3.24. The van der Waals surface area contributed by atoms with Gasteiger partial charge in [-0.1, -0.05) is 45.9 Å². The van der Waals surface area contributed by atoms with Crippen LogP contribution in [-0.4, -0.2) is 6.04 Å². The monoisotopic (exact) mass is 250 g/mol. The predicted molar refractivity (Wildman–Crippen MR) is 72.3 cm³/mol. The molecule has 3 N–H and O–H groups in total. The first-order valence-corrected chi connectivity index (χ1v) is 6.52. The van der Waals surface area contributed by atoms with Crippen LogP contribution in [0.4, 0.5) is 4.39 Å². The van der Waals surface area contributed by atoms with Crippen LogP contribution in [0.3, 0.4) is 0 Å². The van der Waals surface area contributed by atoms with E-state index in [4.69, 9.17) is 5.84 Å². The van der Waals surface area contributed by atoms with E-state index in [2.05, 4.69) is 33.1 Å². The fourth-order valence-electron chi connectivity index (χ4n) is 3.43. The zero-order valence-electron chi connectivity index (χ0n) is 11.6. The van der Waals surface area contributed by atoms with Crippen LogP contribution in [0.2, 0.25) is 0 Å². The fourth-order valence-corrected chi connectivity index (χ4v) is 3.43. The Morgan fingerprint density at radius 2 is 1.78 bits per heavy atom. The first-order valence-electron chi connectivity index (χ1n) is 6.52. The van der Waals surface area contributed by atoms with Gasteiger partial charge in [0.2, 0.25) is 0 Å². The topological polar surface area (TPSA) is 38.0 Å². The molecule has 1 aliphatic carbocycles. The van der Waals surface area contributed by atoms with Gasteiger partial charge >= 0.3 is 0 Å². The maximum atomic E-state index is 13.7. The number of rotatable bonds is 4. The summed E-state index contributed by atoms with van der Waals surface area (Å²) < 4.78 is 13.7. The molecule has 1 aliphatic rings. The van der Waals surface area contributed by atoms with Crippen LogP contribution in [0.5, 0.6) is 0 Å². The molecule has 1 aromatic rings. The molecule has 1 atom stereocenters. The molecule has 1 fully saturated rings. The Hall–Kier alpha value is -0.930. The summed E-state index contributed by atoms with van der Waals surface area (Å²) in [4.78, 5) is 0. The van der Waals surface area contributed by atoms with Gasteiger partial charge in [-0.3, -0.25) is 11.3 Å². The number of benzene rings is 1. The van der Waals surface area contributed by atoms with Crippen molar-refractivity contribution in [3.63, 3.8) is 0 Å². The van der Waals surface area contributed by atoms with Crippen LogP contribution in [0.1, 0.15) is 33.3 Å².